The molecule has 0 bridgehead atoms. The van der Waals surface area contributed by atoms with Gasteiger partial charge < -0.3 is 4.40 Å². The van der Waals surface area contributed by atoms with Crippen molar-refractivity contribution in [3.63, 3.8) is 0 Å². The molecule has 29 heavy (non-hydrogen) atoms. The van der Waals surface area contributed by atoms with E-state index in [-0.39, 0.29) is 0 Å². The lowest BCUT2D eigenvalue weighted by atomic mass is 10.1. The van der Waals surface area contributed by atoms with Crippen LogP contribution in [0.2, 0.25) is 0 Å². The molecule has 0 radical (unpaired) electrons. The molecular weight excluding hydrogens is 369 g/mol. The molecule has 5 rings (SSSR count). The number of hydrogen-bond acceptors (Lipinski definition) is 0. The number of nitrogens with zero attached hydrogens (tertiary/aromatic N) is 1. The van der Waals surface area contributed by atoms with Crippen molar-refractivity contribution in [2.45, 2.75) is 6.92 Å². The van der Waals surface area contributed by atoms with Gasteiger partial charge in [-0.15, -0.1) is 0 Å². The van der Waals surface area contributed by atoms with Gasteiger partial charge in [0.15, 0.2) is 0 Å². The van der Waals surface area contributed by atoms with Gasteiger partial charge in [0, 0.05) is 22.8 Å². The first kappa shape index (κ1) is 17.9. The third kappa shape index (κ3) is 3.18. The highest BCUT2D eigenvalue weighted by molar-refractivity contribution is 7.80. The molecule has 5 aromatic rings. The summed E-state index contributed by atoms with van der Waals surface area (Å²) in [6, 6.07) is 39.3. The van der Waals surface area contributed by atoms with Crippen LogP contribution in [0, 0.1) is 6.92 Å². The molecule has 2 heterocycles. The van der Waals surface area contributed by atoms with Crippen molar-refractivity contribution in [3.8, 4) is 11.1 Å². The Labute approximate surface area is 173 Å². The van der Waals surface area contributed by atoms with E-state index in [0.717, 1.165) is 0 Å². The summed E-state index contributed by atoms with van der Waals surface area (Å²) in [5.74, 6) is 0. The smallest absolute Gasteiger partial charge is 0.0542 e. The molecule has 0 aliphatic heterocycles. The number of aromatic nitrogens is 1. The zero-order valence-electron chi connectivity index (χ0n) is 16.4. The van der Waals surface area contributed by atoms with E-state index in [1.54, 1.807) is 0 Å². The Morgan fingerprint density at radius 1 is 0.586 bits per heavy atom. The summed E-state index contributed by atoms with van der Waals surface area (Å²) in [4.78, 5) is 0. The van der Waals surface area contributed by atoms with Crippen LogP contribution in [0.3, 0.4) is 0 Å². The number of hydrogen-bond donors (Lipinski definition) is 0. The lowest BCUT2D eigenvalue weighted by Crippen LogP contribution is -2.21. The highest BCUT2D eigenvalue weighted by Gasteiger charge is 2.26. The minimum absolute atomic E-state index is 0.690. The fourth-order valence-corrected chi connectivity index (χ4v) is 6.77. The quantitative estimate of drug-likeness (QED) is 0.348. The second kappa shape index (κ2) is 7.70. The van der Waals surface area contributed by atoms with E-state index in [9.17, 15) is 0 Å². The molecule has 2 heteroatoms. The molecule has 0 amide bonds. The van der Waals surface area contributed by atoms with Gasteiger partial charge in [-0.1, -0.05) is 97.1 Å². The van der Waals surface area contributed by atoms with Crippen LogP contribution in [-0.4, -0.2) is 4.40 Å². The Morgan fingerprint density at radius 3 is 1.69 bits per heavy atom. The number of pyridine rings is 1. The monoisotopic (exact) mass is 391 g/mol. The first-order chi connectivity index (χ1) is 14.3. The van der Waals surface area contributed by atoms with E-state index in [1.807, 2.05) is 0 Å². The van der Waals surface area contributed by atoms with E-state index >= 15 is 0 Å². The van der Waals surface area contributed by atoms with Gasteiger partial charge in [-0.05, 0) is 43.2 Å². The highest BCUT2D eigenvalue weighted by Crippen LogP contribution is 2.41. The van der Waals surface area contributed by atoms with Crippen molar-refractivity contribution in [1.29, 1.82) is 0 Å². The third-order valence-electron chi connectivity index (χ3n) is 5.38. The fraction of sp³-hybridized carbons (Fsp3) is 0.0370. The van der Waals surface area contributed by atoms with E-state index in [1.165, 1.54) is 38.3 Å². The number of aryl methyl sites for hydroxylation is 1. The van der Waals surface area contributed by atoms with Crippen molar-refractivity contribution in [3.05, 3.63) is 121 Å². The number of benzene rings is 3. The zero-order valence-corrected chi connectivity index (χ0v) is 17.3. The summed E-state index contributed by atoms with van der Waals surface area (Å²) < 4.78 is 2.35. The zero-order chi connectivity index (χ0) is 19.6. The third-order valence-corrected chi connectivity index (χ3v) is 7.91. The van der Waals surface area contributed by atoms with Gasteiger partial charge in [-0.2, -0.15) is 0 Å². The topological polar surface area (TPSA) is 4.41 Å². The maximum Gasteiger partial charge on any atom is 0.0542 e. The van der Waals surface area contributed by atoms with Crippen LogP contribution in [0.5, 0.6) is 0 Å². The molecule has 0 saturated carbocycles. The maximum atomic E-state index is 2.35. The minimum Gasteiger partial charge on any atom is -0.320 e. The largest absolute Gasteiger partial charge is 0.320 e. The van der Waals surface area contributed by atoms with Gasteiger partial charge in [0.25, 0.3) is 0 Å². The molecule has 140 valence electrons. The van der Waals surface area contributed by atoms with Crippen LogP contribution < -0.4 is 15.9 Å². The summed E-state index contributed by atoms with van der Waals surface area (Å²) in [6.07, 6.45) is 2.18. The van der Waals surface area contributed by atoms with Gasteiger partial charge in [-0.25, -0.2) is 0 Å². The second-order valence-corrected chi connectivity index (χ2v) is 9.29. The average Bonchev–Trinajstić information content (AvgIpc) is 3.09. The van der Waals surface area contributed by atoms with Crippen molar-refractivity contribution in [2.75, 3.05) is 0 Å². The highest BCUT2D eigenvalue weighted by atomic mass is 31.1. The van der Waals surface area contributed by atoms with Crippen LogP contribution in [0.4, 0.5) is 0 Å². The molecule has 0 fully saturated rings. The van der Waals surface area contributed by atoms with E-state index in [4.69, 9.17) is 0 Å². The Morgan fingerprint density at radius 2 is 1.10 bits per heavy atom. The van der Waals surface area contributed by atoms with E-state index in [0.29, 0.717) is 0 Å². The van der Waals surface area contributed by atoms with Crippen molar-refractivity contribution in [1.82, 2.24) is 4.40 Å². The van der Waals surface area contributed by atoms with Crippen LogP contribution in [-0.2, 0) is 0 Å². The van der Waals surface area contributed by atoms with Crippen molar-refractivity contribution >= 4 is 29.4 Å². The molecule has 0 N–H and O–H groups in total. The Kier molecular flexibility index (Phi) is 4.76. The predicted octanol–water partition coefficient (Wildman–Crippen LogP) is 5.67. The molecule has 0 spiro atoms. The van der Waals surface area contributed by atoms with Gasteiger partial charge in [0.2, 0.25) is 0 Å². The minimum atomic E-state index is -0.690. The Bertz CT molecular complexity index is 1200. The first-order valence-corrected chi connectivity index (χ1v) is 11.2. The molecule has 0 atom stereocenters. The Hall–Kier alpha value is -3.15. The van der Waals surface area contributed by atoms with Crippen molar-refractivity contribution in [2.24, 2.45) is 0 Å². The molecule has 2 aromatic heterocycles. The van der Waals surface area contributed by atoms with Crippen molar-refractivity contribution < 1.29 is 0 Å². The SMILES string of the molecule is Cc1c(-c2ccccc2)c(P(c2ccccc2)c2ccccc2)c2ccccn12. The number of fused-ring (bicyclic) bond motifs is 1. The standard InChI is InChI=1S/C27H22NP/c1-21-26(22-13-5-2-6-14-22)27(25-19-11-12-20-28(21)25)29(23-15-7-3-8-16-23)24-17-9-4-10-18-24/h2-20H,1H3. The summed E-state index contributed by atoms with van der Waals surface area (Å²) in [6.45, 7) is 2.24. The summed E-state index contributed by atoms with van der Waals surface area (Å²) in [7, 11) is -0.690. The molecule has 0 aliphatic carbocycles. The molecule has 0 aliphatic rings. The summed E-state index contributed by atoms with van der Waals surface area (Å²) >= 11 is 0. The van der Waals surface area contributed by atoms with Gasteiger partial charge in [0.1, 0.15) is 0 Å². The molecule has 0 saturated heterocycles. The van der Waals surface area contributed by atoms with E-state index in [2.05, 4.69) is 127 Å². The van der Waals surface area contributed by atoms with Gasteiger partial charge >= 0.3 is 0 Å². The summed E-state index contributed by atoms with van der Waals surface area (Å²) in [5, 5.41) is 4.19. The predicted molar refractivity (Wildman–Crippen MR) is 126 cm³/mol. The molecule has 0 unspecified atom stereocenters. The maximum absolute atomic E-state index is 2.35. The molecule has 1 nitrogen and oxygen atoms in total. The van der Waals surface area contributed by atoms with Crippen LogP contribution >= 0.6 is 7.92 Å². The molecular formula is C27H22NP. The van der Waals surface area contributed by atoms with Crippen LogP contribution in [0.15, 0.2) is 115 Å². The van der Waals surface area contributed by atoms with Gasteiger partial charge in [0.05, 0.1) is 5.52 Å². The lowest BCUT2D eigenvalue weighted by molar-refractivity contribution is 1.11. The van der Waals surface area contributed by atoms with E-state index < -0.39 is 7.92 Å². The molecule has 3 aromatic carbocycles. The fourth-order valence-electron chi connectivity index (χ4n) is 4.09. The average molecular weight is 391 g/mol. The van der Waals surface area contributed by atoms with Crippen LogP contribution in [0.1, 0.15) is 5.69 Å². The number of rotatable bonds is 4. The van der Waals surface area contributed by atoms with Gasteiger partial charge in [-0.3, -0.25) is 0 Å². The summed E-state index contributed by atoms with van der Waals surface area (Å²) in [5.41, 5.74) is 5.22. The van der Waals surface area contributed by atoms with Crippen LogP contribution in [0.25, 0.3) is 16.6 Å². The lowest BCUT2D eigenvalue weighted by Gasteiger charge is -2.21. The normalized spacial score (nSPS) is 11.2. The first-order valence-electron chi connectivity index (χ1n) is 9.90. The Balaban J connectivity index is 1.89. The second-order valence-electron chi connectivity index (χ2n) is 7.14.